The lowest BCUT2D eigenvalue weighted by Crippen LogP contribution is -2.31. The summed E-state index contributed by atoms with van der Waals surface area (Å²) in [6.07, 6.45) is 3.14. The van der Waals surface area contributed by atoms with E-state index < -0.39 is 0 Å². The molecular formula is C18H20N4O4S2. The van der Waals surface area contributed by atoms with Gasteiger partial charge in [0.15, 0.2) is 0 Å². The van der Waals surface area contributed by atoms with E-state index in [4.69, 9.17) is 22.1 Å². The van der Waals surface area contributed by atoms with Crippen LogP contribution in [-0.2, 0) is 9.53 Å². The largest absolute Gasteiger partial charge is 0.395 e. The molecule has 0 aromatic carbocycles. The molecule has 2 N–H and O–H groups in total. The molecule has 28 heavy (non-hydrogen) atoms. The number of aliphatic hydroxyl groups excluding tert-OH is 1. The van der Waals surface area contributed by atoms with Crippen molar-refractivity contribution in [2.24, 2.45) is 0 Å². The first-order valence-corrected chi connectivity index (χ1v) is 9.81. The fraction of sp³-hybridized carbons (Fsp3) is 0.333. The molecule has 3 heterocycles. The van der Waals surface area contributed by atoms with Crippen LogP contribution in [0.25, 0.3) is 11.7 Å². The van der Waals surface area contributed by atoms with Crippen LogP contribution >= 0.6 is 24.0 Å². The predicted molar refractivity (Wildman–Crippen MR) is 114 cm³/mol. The number of pyridine rings is 1. The van der Waals surface area contributed by atoms with Gasteiger partial charge in [0.25, 0.3) is 11.5 Å². The van der Waals surface area contributed by atoms with Gasteiger partial charge in [-0.1, -0.05) is 30.0 Å². The van der Waals surface area contributed by atoms with Crippen LogP contribution in [-0.4, -0.2) is 63.0 Å². The lowest BCUT2D eigenvalue weighted by Gasteiger charge is -2.13. The number of fused-ring (bicyclic) bond motifs is 1. The van der Waals surface area contributed by atoms with Crippen LogP contribution in [0.4, 0.5) is 5.82 Å². The minimum Gasteiger partial charge on any atom is -0.395 e. The molecule has 2 aromatic heterocycles. The van der Waals surface area contributed by atoms with Crippen molar-refractivity contribution in [2.45, 2.75) is 6.92 Å². The number of rotatable bonds is 7. The topological polar surface area (TPSA) is 96.2 Å². The molecule has 8 nitrogen and oxygen atoms in total. The van der Waals surface area contributed by atoms with Gasteiger partial charge in [0.2, 0.25) is 0 Å². The van der Waals surface area contributed by atoms with E-state index >= 15 is 0 Å². The Morgan fingerprint density at radius 3 is 2.93 bits per heavy atom. The van der Waals surface area contributed by atoms with Gasteiger partial charge in [0, 0.05) is 19.9 Å². The zero-order valence-corrected chi connectivity index (χ0v) is 17.1. The number of methoxy groups -OCH3 is 1. The number of anilines is 1. The fourth-order valence-electron chi connectivity index (χ4n) is 2.76. The fourth-order valence-corrected chi connectivity index (χ4v) is 4.05. The molecule has 0 unspecified atom stereocenters. The quantitative estimate of drug-likeness (QED) is 0.511. The summed E-state index contributed by atoms with van der Waals surface area (Å²) in [4.78, 5) is 32.1. The smallest absolute Gasteiger partial charge is 0.267 e. The normalized spacial score (nSPS) is 15.8. The summed E-state index contributed by atoms with van der Waals surface area (Å²) < 4.78 is 6.88. The lowest BCUT2D eigenvalue weighted by atomic mass is 10.2. The Labute approximate surface area is 171 Å². The third-order valence-corrected chi connectivity index (χ3v) is 5.53. The number of thiocarbonyl (C=S) groups is 1. The van der Waals surface area contributed by atoms with E-state index in [0.29, 0.717) is 33.8 Å². The summed E-state index contributed by atoms with van der Waals surface area (Å²) in [7, 11) is 1.55. The number of carbonyl (C=O) groups excluding carboxylic acids is 1. The standard InChI is InChI=1S/C18H20N4O4S2/c1-11-4-3-6-21-15(11)20-14(19-5-8-23)12(16(21)24)10-13-17(25)22(7-9-26-2)18(27)28-13/h3-4,6,10,19,23H,5,7-9H2,1-2H3/b13-10-. The van der Waals surface area contributed by atoms with Crippen molar-refractivity contribution in [2.75, 3.05) is 38.7 Å². The van der Waals surface area contributed by atoms with Gasteiger partial charge in [-0.05, 0) is 24.6 Å². The van der Waals surface area contributed by atoms with Crippen LogP contribution < -0.4 is 10.9 Å². The number of hydrogen-bond acceptors (Lipinski definition) is 8. The Balaban J connectivity index is 2.10. The van der Waals surface area contributed by atoms with Crippen molar-refractivity contribution in [3.8, 4) is 0 Å². The van der Waals surface area contributed by atoms with E-state index in [1.807, 2.05) is 13.0 Å². The number of aliphatic hydroxyl groups is 1. The Morgan fingerprint density at radius 1 is 1.43 bits per heavy atom. The van der Waals surface area contributed by atoms with E-state index in [-0.39, 0.29) is 30.2 Å². The van der Waals surface area contributed by atoms with E-state index in [0.717, 1.165) is 17.3 Å². The van der Waals surface area contributed by atoms with Crippen molar-refractivity contribution in [3.05, 3.63) is 44.7 Å². The monoisotopic (exact) mass is 420 g/mol. The third kappa shape index (κ3) is 3.95. The van der Waals surface area contributed by atoms with Crippen LogP contribution in [0.5, 0.6) is 0 Å². The number of aryl methyl sites for hydroxylation is 1. The Hall–Kier alpha value is -2.27. The number of amides is 1. The predicted octanol–water partition coefficient (Wildman–Crippen LogP) is 1.25. The number of thioether (sulfide) groups is 1. The molecule has 1 fully saturated rings. The zero-order chi connectivity index (χ0) is 20.3. The minimum atomic E-state index is -0.309. The molecule has 1 aliphatic heterocycles. The average molecular weight is 421 g/mol. The summed E-state index contributed by atoms with van der Waals surface area (Å²) in [6.45, 7) is 2.68. The van der Waals surface area contributed by atoms with Crippen LogP contribution in [0.2, 0.25) is 0 Å². The minimum absolute atomic E-state index is 0.118. The number of nitrogens with zero attached hydrogens (tertiary/aromatic N) is 3. The Bertz CT molecular complexity index is 1020. The van der Waals surface area contributed by atoms with Crippen LogP contribution in [0.15, 0.2) is 28.0 Å². The molecule has 3 rings (SSSR count). The van der Waals surface area contributed by atoms with Gasteiger partial charge in [-0.15, -0.1) is 0 Å². The highest BCUT2D eigenvalue weighted by Crippen LogP contribution is 2.32. The van der Waals surface area contributed by atoms with Gasteiger partial charge in [-0.25, -0.2) is 4.98 Å². The number of hydrogen-bond donors (Lipinski definition) is 2. The number of ether oxygens (including phenoxy) is 1. The van der Waals surface area contributed by atoms with E-state index in [1.165, 1.54) is 15.4 Å². The Morgan fingerprint density at radius 2 is 2.21 bits per heavy atom. The van der Waals surface area contributed by atoms with Crippen LogP contribution in [0.3, 0.4) is 0 Å². The summed E-state index contributed by atoms with van der Waals surface area (Å²) in [6, 6.07) is 3.62. The summed E-state index contributed by atoms with van der Waals surface area (Å²) in [5, 5.41) is 12.1. The molecule has 0 aliphatic carbocycles. The van der Waals surface area contributed by atoms with E-state index in [2.05, 4.69) is 10.3 Å². The first-order valence-electron chi connectivity index (χ1n) is 8.59. The molecule has 0 bridgehead atoms. The van der Waals surface area contributed by atoms with Gasteiger partial charge in [0.1, 0.15) is 15.8 Å². The van der Waals surface area contributed by atoms with Crippen molar-refractivity contribution in [1.29, 1.82) is 0 Å². The van der Waals surface area contributed by atoms with Gasteiger partial charge in [-0.2, -0.15) is 0 Å². The number of aromatic nitrogens is 2. The number of carbonyl (C=O) groups is 1. The molecular weight excluding hydrogens is 400 g/mol. The summed E-state index contributed by atoms with van der Waals surface area (Å²) >= 11 is 6.42. The molecule has 148 valence electrons. The summed E-state index contributed by atoms with van der Waals surface area (Å²) in [5.74, 6) is 0.0457. The van der Waals surface area contributed by atoms with Gasteiger partial charge in [-0.3, -0.25) is 18.9 Å². The highest BCUT2D eigenvalue weighted by atomic mass is 32.2. The SMILES string of the molecule is COCCN1C(=O)/C(=C/c2c(NCCO)nc3c(C)cccn3c2=O)SC1=S. The molecule has 2 aromatic rings. The van der Waals surface area contributed by atoms with Crippen molar-refractivity contribution in [3.63, 3.8) is 0 Å². The van der Waals surface area contributed by atoms with Crippen molar-refractivity contribution in [1.82, 2.24) is 14.3 Å². The zero-order valence-electron chi connectivity index (χ0n) is 15.5. The van der Waals surface area contributed by atoms with Crippen LogP contribution in [0.1, 0.15) is 11.1 Å². The maximum absolute atomic E-state index is 13.1. The maximum Gasteiger partial charge on any atom is 0.267 e. The molecule has 1 amide bonds. The van der Waals surface area contributed by atoms with Crippen molar-refractivity contribution >= 4 is 51.7 Å². The molecule has 10 heteroatoms. The second kappa shape index (κ2) is 8.82. The Kier molecular flexibility index (Phi) is 6.45. The first-order chi connectivity index (χ1) is 13.5. The van der Waals surface area contributed by atoms with E-state index in [1.54, 1.807) is 19.4 Å². The molecule has 0 atom stereocenters. The highest BCUT2D eigenvalue weighted by molar-refractivity contribution is 8.26. The van der Waals surface area contributed by atoms with Crippen molar-refractivity contribution < 1.29 is 14.6 Å². The van der Waals surface area contributed by atoms with Gasteiger partial charge < -0.3 is 15.2 Å². The molecule has 0 saturated carbocycles. The molecule has 1 saturated heterocycles. The second-order valence-corrected chi connectivity index (χ2v) is 7.72. The summed E-state index contributed by atoms with van der Waals surface area (Å²) in [5.41, 5.74) is 1.28. The molecule has 0 radical (unpaired) electrons. The highest BCUT2D eigenvalue weighted by Gasteiger charge is 2.32. The van der Waals surface area contributed by atoms with Crippen LogP contribution in [0, 0.1) is 6.92 Å². The van der Waals surface area contributed by atoms with Gasteiger partial charge in [0.05, 0.1) is 30.2 Å². The number of nitrogens with one attached hydrogen (secondary N) is 1. The van der Waals surface area contributed by atoms with E-state index in [9.17, 15) is 9.59 Å². The molecule has 1 aliphatic rings. The average Bonchev–Trinajstić information content (AvgIpc) is 2.94. The van der Waals surface area contributed by atoms with Gasteiger partial charge >= 0.3 is 0 Å². The third-order valence-electron chi connectivity index (χ3n) is 4.16. The second-order valence-electron chi connectivity index (χ2n) is 6.04. The lowest BCUT2D eigenvalue weighted by molar-refractivity contribution is -0.122. The first kappa shape index (κ1) is 20.5. The molecule has 0 spiro atoms. The maximum atomic E-state index is 13.1.